The van der Waals surface area contributed by atoms with Gasteiger partial charge < -0.3 is 20.7 Å². The Morgan fingerprint density at radius 2 is 1.80 bits per heavy atom. The van der Waals surface area contributed by atoms with E-state index in [0.717, 1.165) is 5.69 Å². The lowest BCUT2D eigenvalue weighted by molar-refractivity contribution is -0.123. The number of nitrogens with one attached hydrogen (secondary N) is 1. The topological polar surface area (TPSA) is 84.7 Å². The number of amides is 1. The maximum atomic E-state index is 12.2. The van der Waals surface area contributed by atoms with Crippen molar-refractivity contribution in [1.82, 2.24) is 0 Å². The van der Waals surface area contributed by atoms with Crippen molar-refractivity contribution in [3.05, 3.63) is 53.1 Å². The second-order valence-electron chi connectivity index (χ2n) is 5.71. The Bertz CT molecular complexity index is 776. The summed E-state index contributed by atoms with van der Waals surface area (Å²) in [4.78, 5) is 26.2. The van der Waals surface area contributed by atoms with E-state index in [0.29, 0.717) is 10.7 Å². The number of nitrogen functional groups attached to an aromatic ring is 1. The number of ether oxygens (including phenoxy) is 1. The largest absolute Gasteiger partial charge is 0.449 e. The molecule has 2 aromatic rings. The molecule has 0 saturated heterocycles. The van der Waals surface area contributed by atoms with Crippen LogP contribution in [0.4, 0.5) is 17.1 Å². The number of benzene rings is 2. The fraction of sp³-hybridized carbons (Fsp3) is 0.222. The molecule has 0 aliphatic carbocycles. The fourth-order valence-corrected chi connectivity index (χ4v) is 2.16. The molecule has 25 heavy (non-hydrogen) atoms. The average Bonchev–Trinajstić information content (AvgIpc) is 2.57. The van der Waals surface area contributed by atoms with Crippen LogP contribution < -0.4 is 16.0 Å². The van der Waals surface area contributed by atoms with Crippen LogP contribution in [0.3, 0.4) is 0 Å². The van der Waals surface area contributed by atoms with E-state index in [2.05, 4.69) is 5.32 Å². The number of nitrogens with two attached hydrogens (primary N) is 1. The summed E-state index contributed by atoms with van der Waals surface area (Å²) in [5.74, 6) is -1.07. The highest BCUT2D eigenvalue weighted by molar-refractivity contribution is 6.33. The van der Waals surface area contributed by atoms with Gasteiger partial charge in [0.1, 0.15) is 0 Å². The van der Waals surface area contributed by atoms with Crippen molar-refractivity contribution in [3.8, 4) is 0 Å². The Balaban J connectivity index is 1.97. The molecule has 2 aromatic carbocycles. The number of carbonyl (C=O) groups is 2. The Labute approximate surface area is 151 Å². The summed E-state index contributed by atoms with van der Waals surface area (Å²) in [7, 11) is 3.86. The summed E-state index contributed by atoms with van der Waals surface area (Å²) in [6.07, 6.45) is -0.960. The Hall–Kier alpha value is -2.73. The van der Waals surface area contributed by atoms with E-state index in [1.165, 1.54) is 25.1 Å². The molecule has 7 heteroatoms. The molecular formula is C18H20ClN3O3. The van der Waals surface area contributed by atoms with Crippen molar-refractivity contribution >= 4 is 40.5 Å². The molecule has 6 nitrogen and oxygen atoms in total. The number of rotatable bonds is 5. The van der Waals surface area contributed by atoms with Gasteiger partial charge in [-0.15, -0.1) is 0 Å². The third-order valence-corrected chi connectivity index (χ3v) is 3.88. The predicted molar refractivity (Wildman–Crippen MR) is 100 cm³/mol. The van der Waals surface area contributed by atoms with Gasteiger partial charge >= 0.3 is 5.97 Å². The van der Waals surface area contributed by atoms with Crippen LogP contribution in [0.2, 0.25) is 5.02 Å². The first kappa shape index (κ1) is 18.6. The number of nitrogens with zero attached hydrogens (tertiary/aromatic N) is 1. The molecule has 0 fully saturated rings. The summed E-state index contributed by atoms with van der Waals surface area (Å²) >= 11 is 5.82. The van der Waals surface area contributed by atoms with Crippen molar-refractivity contribution in [2.45, 2.75) is 13.0 Å². The van der Waals surface area contributed by atoms with Crippen LogP contribution in [0.15, 0.2) is 42.5 Å². The van der Waals surface area contributed by atoms with Crippen molar-refractivity contribution in [1.29, 1.82) is 0 Å². The lowest BCUT2D eigenvalue weighted by Crippen LogP contribution is -2.30. The third-order valence-electron chi connectivity index (χ3n) is 3.54. The molecule has 0 aliphatic rings. The molecule has 0 saturated carbocycles. The molecule has 0 aliphatic heterocycles. The molecule has 132 valence electrons. The lowest BCUT2D eigenvalue weighted by Gasteiger charge is -2.15. The highest BCUT2D eigenvalue weighted by Crippen LogP contribution is 2.20. The van der Waals surface area contributed by atoms with Gasteiger partial charge in [0, 0.05) is 25.5 Å². The SMILES string of the molecule is CC(OC(=O)c1ccc(Cl)c(N)c1)C(=O)Nc1ccc(N(C)C)cc1. The van der Waals surface area contributed by atoms with Crippen LogP contribution in [-0.2, 0) is 9.53 Å². The fourth-order valence-electron chi connectivity index (χ4n) is 2.04. The van der Waals surface area contributed by atoms with Gasteiger partial charge in [-0.3, -0.25) is 4.79 Å². The molecule has 2 rings (SSSR count). The molecule has 1 unspecified atom stereocenters. The van der Waals surface area contributed by atoms with Gasteiger partial charge in [0.15, 0.2) is 6.10 Å². The standard InChI is InChI=1S/C18H20ClN3O3/c1-11(25-18(24)12-4-9-15(19)16(20)10-12)17(23)21-13-5-7-14(8-6-13)22(2)3/h4-11H,20H2,1-3H3,(H,21,23). The molecule has 0 spiro atoms. The lowest BCUT2D eigenvalue weighted by atomic mass is 10.2. The van der Waals surface area contributed by atoms with E-state index in [-0.39, 0.29) is 11.3 Å². The number of anilines is 3. The van der Waals surface area contributed by atoms with Crippen molar-refractivity contribution in [2.24, 2.45) is 0 Å². The van der Waals surface area contributed by atoms with E-state index in [1.807, 2.05) is 31.1 Å². The zero-order chi connectivity index (χ0) is 18.6. The van der Waals surface area contributed by atoms with Gasteiger partial charge in [0.25, 0.3) is 5.91 Å². The number of esters is 1. The van der Waals surface area contributed by atoms with Gasteiger partial charge in [-0.2, -0.15) is 0 Å². The van der Waals surface area contributed by atoms with E-state index in [4.69, 9.17) is 22.1 Å². The van der Waals surface area contributed by atoms with Crippen LogP contribution in [0.25, 0.3) is 0 Å². The normalized spacial score (nSPS) is 11.5. The van der Waals surface area contributed by atoms with Gasteiger partial charge in [-0.25, -0.2) is 4.79 Å². The van der Waals surface area contributed by atoms with E-state index in [9.17, 15) is 9.59 Å². The number of hydrogen-bond donors (Lipinski definition) is 2. The number of carbonyl (C=O) groups excluding carboxylic acids is 2. The summed E-state index contributed by atoms with van der Waals surface area (Å²) in [5, 5.41) is 3.06. The first-order valence-electron chi connectivity index (χ1n) is 7.62. The Kier molecular flexibility index (Phi) is 5.88. The first-order chi connectivity index (χ1) is 11.8. The summed E-state index contributed by atoms with van der Waals surface area (Å²) in [5.41, 5.74) is 7.80. The molecule has 0 heterocycles. The number of halogens is 1. The second kappa shape index (κ2) is 7.90. The van der Waals surface area contributed by atoms with E-state index >= 15 is 0 Å². The summed E-state index contributed by atoms with van der Waals surface area (Å²) in [6.45, 7) is 1.50. The zero-order valence-corrected chi connectivity index (χ0v) is 15.0. The smallest absolute Gasteiger partial charge is 0.338 e. The molecule has 1 atom stereocenters. The van der Waals surface area contributed by atoms with Gasteiger partial charge in [-0.1, -0.05) is 11.6 Å². The van der Waals surface area contributed by atoms with Crippen LogP contribution in [0.5, 0.6) is 0 Å². The second-order valence-corrected chi connectivity index (χ2v) is 6.12. The van der Waals surface area contributed by atoms with Gasteiger partial charge in [0.05, 0.1) is 16.3 Å². The minimum Gasteiger partial charge on any atom is -0.449 e. The van der Waals surface area contributed by atoms with Crippen molar-refractivity contribution < 1.29 is 14.3 Å². The molecule has 0 bridgehead atoms. The zero-order valence-electron chi connectivity index (χ0n) is 14.2. The highest BCUT2D eigenvalue weighted by atomic mass is 35.5. The number of hydrogen-bond acceptors (Lipinski definition) is 5. The van der Waals surface area contributed by atoms with Gasteiger partial charge in [0.2, 0.25) is 0 Å². The minimum atomic E-state index is -0.960. The summed E-state index contributed by atoms with van der Waals surface area (Å²) in [6, 6.07) is 11.7. The van der Waals surface area contributed by atoms with Crippen molar-refractivity contribution in [3.63, 3.8) is 0 Å². The molecule has 3 N–H and O–H groups in total. The van der Waals surface area contributed by atoms with Crippen molar-refractivity contribution in [2.75, 3.05) is 30.0 Å². The molecule has 1 amide bonds. The maximum absolute atomic E-state index is 12.2. The minimum absolute atomic E-state index is 0.233. The summed E-state index contributed by atoms with van der Waals surface area (Å²) < 4.78 is 5.17. The monoisotopic (exact) mass is 361 g/mol. The molecular weight excluding hydrogens is 342 g/mol. The predicted octanol–water partition coefficient (Wildman–Crippen LogP) is 3.17. The first-order valence-corrected chi connectivity index (χ1v) is 8.00. The van der Waals surface area contributed by atoms with Crippen LogP contribution in [0.1, 0.15) is 17.3 Å². The van der Waals surface area contributed by atoms with Gasteiger partial charge in [-0.05, 0) is 49.4 Å². The van der Waals surface area contributed by atoms with Crippen LogP contribution in [-0.4, -0.2) is 32.1 Å². The van der Waals surface area contributed by atoms with E-state index < -0.39 is 18.0 Å². The third kappa shape index (κ3) is 4.87. The molecule has 0 radical (unpaired) electrons. The quantitative estimate of drug-likeness (QED) is 0.631. The van der Waals surface area contributed by atoms with Crippen LogP contribution in [0, 0.1) is 0 Å². The van der Waals surface area contributed by atoms with Crippen LogP contribution >= 0.6 is 11.6 Å². The van der Waals surface area contributed by atoms with E-state index in [1.54, 1.807) is 12.1 Å². The maximum Gasteiger partial charge on any atom is 0.338 e. The Morgan fingerprint density at radius 3 is 2.36 bits per heavy atom. The Morgan fingerprint density at radius 1 is 1.16 bits per heavy atom. The highest BCUT2D eigenvalue weighted by Gasteiger charge is 2.19. The molecule has 0 aromatic heterocycles. The average molecular weight is 362 g/mol.